The zero-order chi connectivity index (χ0) is 17.1. The molecular weight excluding hydrogens is 304 g/mol. The third-order valence-corrected chi connectivity index (χ3v) is 4.29. The van der Waals surface area contributed by atoms with Crippen molar-refractivity contribution in [2.45, 2.75) is 6.92 Å². The van der Waals surface area contributed by atoms with Gasteiger partial charge in [0.2, 0.25) is 0 Å². The van der Waals surface area contributed by atoms with Crippen molar-refractivity contribution in [3.05, 3.63) is 96.7 Å². The Morgan fingerprint density at radius 3 is 2.12 bits per heavy atom. The van der Waals surface area contributed by atoms with E-state index in [0.29, 0.717) is 0 Å². The van der Waals surface area contributed by atoms with Gasteiger partial charge in [-0.3, -0.25) is 0 Å². The minimum Gasteiger partial charge on any atom is -0.353 e. The molecule has 0 bridgehead atoms. The maximum atomic E-state index is 3.62. The molecule has 122 valence electrons. The molecule has 0 aliphatic rings. The highest BCUT2D eigenvalue weighted by Gasteiger charge is 2.16. The normalized spacial score (nSPS) is 11.2. The monoisotopic (exact) mass is 324 g/mol. The molecule has 4 rings (SSSR count). The zero-order valence-electron chi connectivity index (χ0n) is 14.2. The largest absolute Gasteiger partial charge is 0.353 e. The number of hydrogen-bond acceptors (Lipinski definition) is 1. The molecule has 25 heavy (non-hydrogen) atoms. The Morgan fingerprint density at radius 2 is 1.40 bits per heavy atom. The maximum absolute atomic E-state index is 3.62. The number of nitrogens with one attached hydrogen (secondary N) is 1. The van der Waals surface area contributed by atoms with Crippen molar-refractivity contribution >= 4 is 28.4 Å². The lowest BCUT2D eigenvalue weighted by Gasteiger charge is -2.10. The molecule has 0 amide bonds. The van der Waals surface area contributed by atoms with Gasteiger partial charge in [0.05, 0.1) is 16.9 Å². The highest BCUT2D eigenvalue weighted by Crippen LogP contribution is 2.36. The van der Waals surface area contributed by atoms with Crippen molar-refractivity contribution in [1.29, 1.82) is 0 Å². The molecule has 0 aliphatic heterocycles. The average molecular weight is 324 g/mol. The summed E-state index contributed by atoms with van der Waals surface area (Å²) < 4.78 is 2.31. The molecule has 2 heteroatoms. The van der Waals surface area contributed by atoms with Gasteiger partial charge in [0.25, 0.3) is 0 Å². The molecule has 1 heterocycles. The molecule has 0 radical (unpaired) electrons. The molecule has 0 spiro atoms. The summed E-state index contributed by atoms with van der Waals surface area (Å²) in [5, 5.41) is 4.83. The summed E-state index contributed by atoms with van der Waals surface area (Å²) >= 11 is 0. The average Bonchev–Trinajstić information content (AvgIpc) is 2.97. The van der Waals surface area contributed by atoms with Gasteiger partial charge in [0.1, 0.15) is 0 Å². The molecule has 1 aromatic heterocycles. The number of para-hydroxylation sites is 3. The molecule has 0 atom stereocenters. The molecule has 0 aliphatic carbocycles. The van der Waals surface area contributed by atoms with E-state index in [-0.39, 0.29) is 0 Å². The first-order valence-electron chi connectivity index (χ1n) is 8.52. The molecule has 0 unspecified atom stereocenters. The summed E-state index contributed by atoms with van der Waals surface area (Å²) in [4.78, 5) is 0. The van der Waals surface area contributed by atoms with Crippen LogP contribution in [0.5, 0.6) is 0 Å². The fourth-order valence-electron chi connectivity index (χ4n) is 3.23. The number of benzene rings is 3. The Balaban J connectivity index is 2.00. The van der Waals surface area contributed by atoms with Crippen molar-refractivity contribution < 1.29 is 0 Å². The molecule has 4 aromatic rings. The second-order valence-electron chi connectivity index (χ2n) is 5.94. The first-order valence-corrected chi connectivity index (χ1v) is 8.52. The van der Waals surface area contributed by atoms with E-state index in [4.69, 9.17) is 0 Å². The SMILES string of the molecule is C/C=C\c1c(Nc2ccccc2)c2ccccc2n1-c1ccccc1. The molecule has 0 saturated carbocycles. The number of hydrogen-bond donors (Lipinski definition) is 1. The van der Waals surface area contributed by atoms with Crippen molar-refractivity contribution in [3.63, 3.8) is 0 Å². The smallest absolute Gasteiger partial charge is 0.0723 e. The standard InChI is InChI=1S/C23H20N2/c1-2-11-22-23(24-18-12-5-3-6-13-18)20-16-9-10-17-21(20)25(22)19-14-7-4-8-15-19/h2-17,24H,1H3/b11-2-. The summed E-state index contributed by atoms with van der Waals surface area (Å²) in [6.45, 7) is 2.05. The highest BCUT2D eigenvalue weighted by atomic mass is 15.0. The van der Waals surface area contributed by atoms with Gasteiger partial charge in [-0.1, -0.05) is 60.7 Å². The second-order valence-corrected chi connectivity index (χ2v) is 5.94. The Hall–Kier alpha value is -3.26. The first-order chi connectivity index (χ1) is 12.4. The Labute approximate surface area is 148 Å². The van der Waals surface area contributed by atoms with Gasteiger partial charge < -0.3 is 9.88 Å². The molecule has 0 fully saturated rings. The Kier molecular flexibility index (Phi) is 4.09. The van der Waals surface area contributed by atoms with E-state index >= 15 is 0 Å². The zero-order valence-corrected chi connectivity index (χ0v) is 14.2. The number of allylic oxidation sites excluding steroid dienone is 1. The topological polar surface area (TPSA) is 17.0 Å². The minimum atomic E-state index is 1.09. The summed E-state index contributed by atoms with van der Waals surface area (Å²) in [6, 6.07) is 29.3. The van der Waals surface area contributed by atoms with Gasteiger partial charge >= 0.3 is 0 Å². The van der Waals surface area contributed by atoms with E-state index in [0.717, 1.165) is 22.8 Å². The van der Waals surface area contributed by atoms with Crippen LogP contribution in [0, 0.1) is 0 Å². The molecule has 2 nitrogen and oxygen atoms in total. The van der Waals surface area contributed by atoms with E-state index < -0.39 is 0 Å². The summed E-state index contributed by atoms with van der Waals surface area (Å²) in [7, 11) is 0. The second kappa shape index (κ2) is 6.70. The first kappa shape index (κ1) is 15.3. The van der Waals surface area contributed by atoms with Crippen LogP contribution in [-0.2, 0) is 0 Å². The van der Waals surface area contributed by atoms with Gasteiger partial charge in [-0.25, -0.2) is 0 Å². The number of rotatable bonds is 4. The van der Waals surface area contributed by atoms with E-state index in [1.54, 1.807) is 0 Å². The lowest BCUT2D eigenvalue weighted by molar-refractivity contribution is 1.11. The van der Waals surface area contributed by atoms with Crippen LogP contribution in [0.25, 0.3) is 22.7 Å². The van der Waals surface area contributed by atoms with Crippen LogP contribution >= 0.6 is 0 Å². The Morgan fingerprint density at radius 1 is 0.760 bits per heavy atom. The fraction of sp³-hybridized carbons (Fsp3) is 0.0435. The van der Waals surface area contributed by atoms with E-state index in [1.807, 2.05) is 24.3 Å². The molecule has 1 N–H and O–H groups in total. The molecule has 0 saturated heterocycles. The van der Waals surface area contributed by atoms with Crippen LogP contribution in [0.15, 0.2) is 91.0 Å². The minimum absolute atomic E-state index is 1.09. The van der Waals surface area contributed by atoms with Crippen LogP contribution in [0.4, 0.5) is 11.4 Å². The quantitative estimate of drug-likeness (QED) is 0.459. The van der Waals surface area contributed by atoms with Crippen LogP contribution in [0.1, 0.15) is 12.6 Å². The number of fused-ring (bicyclic) bond motifs is 1. The van der Waals surface area contributed by atoms with E-state index in [2.05, 4.69) is 89.6 Å². The molecule has 3 aromatic carbocycles. The van der Waals surface area contributed by atoms with E-state index in [9.17, 15) is 0 Å². The van der Waals surface area contributed by atoms with Gasteiger partial charge in [-0.05, 0) is 43.3 Å². The van der Waals surface area contributed by atoms with Gasteiger partial charge in [-0.2, -0.15) is 0 Å². The summed E-state index contributed by atoms with van der Waals surface area (Å²) in [6.07, 6.45) is 4.25. The van der Waals surface area contributed by atoms with Crippen molar-refractivity contribution in [3.8, 4) is 5.69 Å². The molecular formula is C23H20N2. The number of aromatic nitrogens is 1. The number of anilines is 2. The highest BCUT2D eigenvalue weighted by molar-refractivity contribution is 6.00. The third-order valence-electron chi connectivity index (χ3n) is 4.29. The van der Waals surface area contributed by atoms with E-state index in [1.165, 1.54) is 10.9 Å². The van der Waals surface area contributed by atoms with Crippen molar-refractivity contribution in [2.75, 3.05) is 5.32 Å². The summed E-state index contributed by atoms with van der Waals surface area (Å²) in [5.74, 6) is 0. The fourth-order valence-corrected chi connectivity index (χ4v) is 3.23. The predicted molar refractivity (Wildman–Crippen MR) is 108 cm³/mol. The van der Waals surface area contributed by atoms with Crippen molar-refractivity contribution in [2.24, 2.45) is 0 Å². The van der Waals surface area contributed by atoms with Gasteiger partial charge in [0.15, 0.2) is 0 Å². The lowest BCUT2D eigenvalue weighted by atomic mass is 10.2. The van der Waals surface area contributed by atoms with Crippen LogP contribution in [0.2, 0.25) is 0 Å². The third kappa shape index (κ3) is 2.83. The van der Waals surface area contributed by atoms with Crippen LogP contribution in [0.3, 0.4) is 0 Å². The maximum Gasteiger partial charge on any atom is 0.0723 e. The van der Waals surface area contributed by atoms with Gasteiger partial charge in [0, 0.05) is 16.8 Å². The van der Waals surface area contributed by atoms with Gasteiger partial charge in [-0.15, -0.1) is 0 Å². The van der Waals surface area contributed by atoms with Crippen LogP contribution < -0.4 is 5.32 Å². The summed E-state index contributed by atoms with van der Waals surface area (Å²) in [5.41, 5.74) is 5.72. The lowest BCUT2D eigenvalue weighted by Crippen LogP contribution is -1.98. The van der Waals surface area contributed by atoms with Crippen molar-refractivity contribution in [1.82, 2.24) is 4.57 Å². The predicted octanol–water partition coefficient (Wildman–Crippen LogP) is 6.41. The number of nitrogens with zero attached hydrogens (tertiary/aromatic N) is 1. The van der Waals surface area contributed by atoms with Crippen LogP contribution in [-0.4, -0.2) is 4.57 Å². The Bertz CT molecular complexity index is 1010.